The molecule has 0 radical (unpaired) electrons. The summed E-state index contributed by atoms with van der Waals surface area (Å²) in [6, 6.07) is 8.39. The molecule has 1 aromatic heterocycles. The van der Waals surface area contributed by atoms with Gasteiger partial charge in [-0.25, -0.2) is 4.79 Å². The number of fused-ring (bicyclic) bond motifs is 1. The molecule has 0 aliphatic carbocycles. The molecule has 45 heavy (non-hydrogen) atoms. The van der Waals surface area contributed by atoms with Crippen molar-refractivity contribution in [2.45, 2.75) is 69.1 Å². The number of unbranched alkanes of at least 4 members (excludes halogenated alkanes) is 1. The summed E-state index contributed by atoms with van der Waals surface area (Å²) in [5, 5.41) is 36.8. The molecule has 4 unspecified atom stereocenters. The second-order valence-electron chi connectivity index (χ2n) is 10.8. The molecule has 0 saturated carbocycles. The van der Waals surface area contributed by atoms with E-state index in [1.165, 1.54) is 12.1 Å². The molecule has 2 aromatic carbocycles. The zero-order valence-corrected chi connectivity index (χ0v) is 24.7. The number of phenolic OH excluding ortho intramolecular Hbond substituents is 1. The number of phenols is 1. The highest BCUT2D eigenvalue weighted by Gasteiger charge is 2.31. The number of nitrogens with two attached hydrogens (primary N) is 2. The van der Waals surface area contributed by atoms with E-state index in [1.54, 1.807) is 18.3 Å². The summed E-state index contributed by atoms with van der Waals surface area (Å²) >= 11 is 0. The van der Waals surface area contributed by atoms with Crippen LogP contribution < -0.4 is 27.4 Å². The third kappa shape index (κ3) is 10.6. The Morgan fingerprint density at radius 1 is 0.778 bits per heavy atom. The lowest BCUT2D eigenvalue weighted by atomic mass is 10.0. The van der Waals surface area contributed by atoms with Crippen LogP contribution in [-0.2, 0) is 36.8 Å². The molecule has 3 aromatic rings. The van der Waals surface area contributed by atoms with Crippen LogP contribution in [0, 0.1) is 0 Å². The molecule has 0 aliphatic rings. The zero-order chi connectivity index (χ0) is 32.9. The molecular formula is C31H40N6O8. The van der Waals surface area contributed by atoms with Gasteiger partial charge < -0.3 is 47.7 Å². The second kappa shape index (κ2) is 16.8. The van der Waals surface area contributed by atoms with Crippen molar-refractivity contribution in [2.24, 2.45) is 11.5 Å². The summed E-state index contributed by atoms with van der Waals surface area (Å²) in [6.45, 7) is 0.363. The van der Waals surface area contributed by atoms with E-state index in [1.807, 2.05) is 24.3 Å². The Morgan fingerprint density at radius 3 is 2.09 bits per heavy atom. The first-order valence-corrected chi connectivity index (χ1v) is 14.6. The van der Waals surface area contributed by atoms with Crippen molar-refractivity contribution in [1.82, 2.24) is 20.9 Å². The van der Waals surface area contributed by atoms with Crippen LogP contribution in [0.4, 0.5) is 0 Å². The highest BCUT2D eigenvalue weighted by molar-refractivity contribution is 5.95. The number of aromatic hydroxyl groups is 1. The maximum atomic E-state index is 13.5. The fourth-order valence-corrected chi connectivity index (χ4v) is 4.82. The van der Waals surface area contributed by atoms with Crippen LogP contribution in [0.1, 0.15) is 43.2 Å². The standard InChI is InChI=1S/C31H40N6O8/c32-14-4-3-7-25(31(44)45)36-30(43)26(16-19-17-34-23-6-2-1-5-21(19)23)37-29(42)24(12-13-27(39)40)35-28(41)22(33)15-18-8-10-20(38)11-9-18/h1-2,5-6,8-11,17,22,24-26,34,38H,3-4,7,12-16,32-33H2,(H,35,41)(H,36,43)(H,37,42)(H,39,40)(H,44,45). The summed E-state index contributed by atoms with van der Waals surface area (Å²) in [7, 11) is 0. The lowest BCUT2D eigenvalue weighted by Crippen LogP contribution is -2.57. The number of carboxylic acid groups (broad SMARTS) is 2. The van der Waals surface area contributed by atoms with E-state index in [0.29, 0.717) is 30.5 Å². The number of carbonyl (C=O) groups excluding carboxylic acids is 3. The van der Waals surface area contributed by atoms with Gasteiger partial charge in [-0.1, -0.05) is 30.3 Å². The van der Waals surface area contributed by atoms with Gasteiger partial charge in [0.2, 0.25) is 17.7 Å². The third-order valence-corrected chi connectivity index (χ3v) is 7.30. The Balaban J connectivity index is 1.82. The normalized spacial score (nSPS) is 13.7. The monoisotopic (exact) mass is 624 g/mol. The largest absolute Gasteiger partial charge is 0.508 e. The molecule has 3 rings (SSSR count). The minimum Gasteiger partial charge on any atom is -0.508 e. The van der Waals surface area contributed by atoms with E-state index in [0.717, 1.165) is 10.9 Å². The molecule has 0 bridgehead atoms. The van der Waals surface area contributed by atoms with Crippen LogP contribution in [0.25, 0.3) is 10.9 Å². The Morgan fingerprint density at radius 2 is 1.42 bits per heavy atom. The lowest BCUT2D eigenvalue weighted by Gasteiger charge is -2.25. The van der Waals surface area contributed by atoms with Gasteiger partial charge in [0.15, 0.2) is 0 Å². The number of carbonyl (C=O) groups is 5. The van der Waals surface area contributed by atoms with Crippen molar-refractivity contribution in [3.05, 3.63) is 65.9 Å². The topological polar surface area (TPSA) is 250 Å². The number of rotatable bonds is 18. The molecule has 11 N–H and O–H groups in total. The van der Waals surface area contributed by atoms with E-state index in [9.17, 15) is 39.3 Å². The molecule has 0 saturated heterocycles. The number of benzene rings is 2. The molecule has 242 valence electrons. The number of aromatic amines is 1. The second-order valence-corrected chi connectivity index (χ2v) is 10.8. The van der Waals surface area contributed by atoms with Crippen molar-refractivity contribution in [3.63, 3.8) is 0 Å². The van der Waals surface area contributed by atoms with E-state index < -0.39 is 60.2 Å². The molecule has 1 heterocycles. The van der Waals surface area contributed by atoms with E-state index in [-0.39, 0.29) is 31.4 Å². The first kappa shape index (κ1) is 34.5. The van der Waals surface area contributed by atoms with Gasteiger partial charge in [0, 0.05) is 29.9 Å². The van der Waals surface area contributed by atoms with Gasteiger partial charge in [0.1, 0.15) is 23.9 Å². The number of hydrogen-bond donors (Lipinski definition) is 9. The van der Waals surface area contributed by atoms with Gasteiger partial charge in [-0.15, -0.1) is 0 Å². The van der Waals surface area contributed by atoms with E-state index in [2.05, 4.69) is 20.9 Å². The zero-order valence-electron chi connectivity index (χ0n) is 24.7. The summed E-state index contributed by atoms with van der Waals surface area (Å²) in [5.41, 5.74) is 13.7. The van der Waals surface area contributed by atoms with Gasteiger partial charge in [-0.3, -0.25) is 19.2 Å². The number of amides is 3. The molecule has 14 heteroatoms. The minimum atomic E-state index is -1.36. The molecule has 0 spiro atoms. The quantitative estimate of drug-likeness (QED) is 0.0887. The third-order valence-electron chi connectivity index (χ3n) is 7.30. The predicted octanol–water partition coefficient (Wildman–Crippen LogP) is 0.519. The smallest absolute Gasteiger partial charge is 0.326 e. The number of H-pyrrole nitrogens is 1. The lowest BCUT2D eigenvalue weighted by molar-refractivity contribution is -0.142. The van der Waals surface area contributed by atoms with Gasteiger partial charge in [-0.05, 0) is 68.0 Å². The summed E-state index contributed by atoms with van der Waals surface area (Å²) in [5.74, 6) is -4.73. The number of nitrogens with one attached hydrogen (secondary N) is 4. The van der Waals surface area contributed by atoms with Crippen LogP contribution in [0.15, 0.2) is 54.7 Å². The van der Waals surface area contributed by atoms with E-state index in [4.69, 9.17) is 11.5 Å². The van der Waals surface area contributed by atoms with Crippen molar-refractivity contribution in [1.29, 1.82) is 0 Å². The van der Waals surface area contributed by atoms with Crippen LogP contribution in [0.2, 0.25) is 0 Å². The average Bonchev–Trinajstić information content (AvgIpc) is 3.41. The highest BCUT2D eigenvalue weighted by atomic mass is 16.4. The Labute approximate surface area is 259 Å². The first-order valence-electron chi connectivity index (χ1n) is 14.6. The molecule has 0 fully saturated rings. The average molecular weight is 625 g/mol. The summed E-state index contributed by atoms with van der Waals surface area (Å²) in [6.07, 6.45) is 2.11. The molecule has 14 nitrogen and oxygen atoms in total. The number of hydrogen-bond acceptors (Lipinski definition) is 8. The Kier molecular flexibility index (Phi) is 12.9. The summed E-state index contributed by atoms with van der Waals surface area (Å²) in [4.78, 5) is 66.3. The SMILES string of the molecule is NCCCCC(NC(=O)C(Cc1c[nH]c2ccccc12)NC(=O)C(CCC(=O)O)NC(=O)C(N)Cc1ccc(O)cc1)C(=O)O. The Bertz CT molecular complexity index is 1470. The fraction of sp³-hybridized carbons (Fsp3) is 0.387. The van der Waals surface area contributed by atoms with Gasteiger partial charge in [-0.2, -0.15) is 0 Å². The number of para-hydroxylation sites is 1. The van der Waals surface area contributed by atoms with Crippen LogP contribution in [0.5, 0.6) is 5.75 Å². The fourth-order valence-electron chi connectivity index (χ4n) is 4.82. The van der Waals surface area contributed by atoms with Gasteiger partial charge >= 0.3 is 11.9 Å². The van der Waals surface area contributed by atoms with Crippen molar-refractivity contribution >= 4 is 40.6 Å². The highest BCUT2D eigenvalue weighted by Crippen LogP contribution is 2.20. The number of carboxylic acids is 2. The first-order chi connectivity index (χ1) is 21.5. The van der Waals surface area contributed by atoms with Crippen molar-refractivity contribution < 1.29 is 39.3 Å². The minimum absolute atomic E-state index is 0.0311. The molecular weight excluding hydrogens is 584 g/mol. The Hall–Kier alpha value is -4.95. The maximum Gasteiger partial charge on any atom is 0.326 e. The molecule has 3 amide bonds. The predicted molar refractivity (Wildman–Crippen MR) is 165 cm³/mol. The van der Waals surface area contributed by atoms with Gasteiger partial charge in [0.05, 0.1) is 6.04 Å². The van der Waals surface area contributed by atoms with Crippen molar-refractivity contribution in [2.75, 3.05) is 6.54 Å². The van der Waals surface area contributed by atoms with Crippen LogP contribution in [-0.4, -0.2) is 80.7 Å². The van der Waals surface area contributed by atoms with Crippen molar-refractivity contribution in [3.8, 4) is 5.75 Å². The van der Waals surface area contributed by atoms with E-state index >= 15 is 0 Å². The van der Waals surface area contributed by atoms with Crippen LogP contribution in [0.3, 0.4) is 0 Å². The van der Waals surface area contributed by atoms with Gasteiger partial charge in [0.25, 0.3) is 0 Å². The molecule has 4 atom stereocenters. The number of aromatic nitrogens is 1. The summed E-state index contributed by atoms with van der Waals surface area (Å²) < 4.78 is 0. The van der Waals surface area contributed by atoms with Crippen LogP contribution >= 0.6 is 0 Å². The number of aliphatic carboxylic acids is 2. The maximum absolute atomic E-state index is 13.5. The molecule has 0 aliphatic heterocycles.